The first kappa shape index (κ1) is 22.5. The zero-order valence-electron chi connectivity index (χ0n) is 18.6. The van der Waals surface area contributed by atoms with Crippen molar-refractivity contribution in [3.8, 4) is 0 Å². The van der Waals surface area contributed by atoms with Crippen molar-refractivity contribution in [3.05, 3.63) is 62.6 Å². The molecule has 0 bridgehead atoms. The molecule has 0 radical (unpaired) electrons. The summed E-state index contributed by atoms with van der Waals surface area (Å²) in [5.41, 5.74) is 0.549. The number of unbranched alkanes of at least 4 members (excludes halogenated alkanes) is 1. The molecule has 0 aliphatic heterocycles. The molecule has 0 spiro atoms. The van der Waals surface area contributed by atoms with Crippen LogP contribution in [-0.2, 0) is 29.7 Å². The van der Waals surface area contributed by atoms with E-state index in [4.69, 9.17) is 4.74 Å². The van der Waals surface area contributed by atoms with E-state index in [-0.39, 0.29) is 24.4 Å². The molecule has 2 atom stereocenters. The minimum Gasteiger partial charge on any atom is -0.457 e. The topological polar surface area (TPSA) is 99.0 Å². The summed E-state index contributed by atoms with van der Waals surface area (Å²) >= 11 is 0. The van der Waals surface area contributed by atoms with Gasteiger partial charge < -0.3 is 9.30 Å². The lowest BCUT2D eigenvalue weighted by Crippen LogP contribution is -2.31. The molecule has 3 aromatic rings. The van der Waals surface area contributed by atoms with Crippen molar-refractivity contribution in [1.82, 2.24) is 19.1 Å². The third-order valence-corrected chi connectivity index (χ3v) is 5.81. The van der Waals surface area contributed by atoms with Gasteiger partial charge in [-0.3, -0.25) is 19.1 Å². The van der Waals surface area contributed by atoms with E-state index in [1.165, 1.54) is 4.57 Å². The lowest BCUT2D eigenvalue weighted by atomic mass is 9.86. The number of esters is 1. The van der Waals surface area contributed by atoms with E-state index in [0.717, 1.165) is 24.8 Å². The molecule has 0 saturated heterocycles. The predicted molar refractivity (Wildman–Crippen MR) is 119 cm³/mol. The van der Waals surface area contributed by atoms with Crippen LogP contribution >= 0.6 is 0 Å². The van der Waals surface area contributed by atoms with Crippen LogP contribution < -0.4 is 11.2 Å². The maximum absolute atomic E-state index is 13.0. The summed E-state index contributed by atoms with van der Waals surface area (Å²) in [7, 11) is 1.69. The molecule has 166 valence electrons. The van der Waals surface area contributed by atoms with E-state index in [2.05, 4.69) is 9.97 Å². The van der Waals surface area contributed by atoms with E-state index in [1.807, 2.05) is 51.1 Å². The van der Waals surface area contributed by atoms with Crippen molar-refractivity contribution in [1.29, 1.82) is 0 Å². The van der Waals surface area contributed by atoms with Crippen LogP contribution in [-0.4, -0.2) is 25.1 Å². The molecule has 1 aromatic carbocycles. The maximum Gasteiger partial charge on any atom is 0.330 e. The van der Waals surface area contributed by atoms with Gasteiger partial charge in [-0.1, -0.05) is 63.9 Å². The number of benzene rings is 1. The number of ether oxygens (including phenoxy) is 1. The molecule has 3 rings (SSSR count). The Kier molecular flexibility index (Phi) is 7.09. The van der Waals surface area contributed by atoms with Gasteiger partial charge in [-0.25, -0.2) is 9.78 Å². The summed E-state index contributed by atoms with van der Waals surface area (Å²) in [6, 6.07) is 9.59. The SMILES string of the molecule is CCCCn1c(=O)[nH]c(=O)c2c1nc(COC(=O)[C@H](c1ccccc1)[C@@H](C)CC)n2C. The molecule has 0 aliphatic carbocycles. The summed E-state index contributed by atoms with van der Waals surface area (Å²) in [6.07, 6.45) is 2.52. The number of aromatic nitrogens is 4. The number of rotatable bonds is 9. The fourth-order valence-corrected chi connectivity index (χ4v) is 3.76. The number of hydrogen-bond acceptors (Lipinski definition) is 5. The first-order valence-electron chi connectivity index (χ1n) is 10.8. The van der Waals surface area contributed by atoms with Crippen LogP contribution in [0.1, 0.15) is 57.3 Å². The quantitative estimate of drug-likeness (QED) is 0.530. The smallest absolute Gasteiger partial charge is 0.330 e. The Balaban J connectivity index is 1.90. The minimum atomic E-state index is -0.498. The van der Waals surface area contributed by atoms with Crippen LogP contribution in [0.3, 0.4) is 0 Å². The van der Waals surface area contributed by atoms with Crippen LogP contribution in [0.5, 0.6) is 0 Å². The van der Waals surface area contributed by atoms with Gasteiger partial charge in [-0.15, -0.1) is 0 Å². The number of nitrogens with one attached hydrogen (secondary N) is 1. The Morgan fingerprint density at radius 3 is 2.55 bits per heavy atom. The molecule has 8 nitrogen and oxygen atoms in total. The Morgan fingerprint density at radius 1 is 1.19 bits per heavy atom. The van der Waals surface area contributed by atoms with Gasteiger partial charge in [0.15, 0.2) is 11.2 Å². The minimum absolute atomic E-state index is 0.0782. The van der Waals surface area contributed by atoms with Gasteiger partial charge in [0, 0.05) is 13.6 Å². The van der Waals surface area contributed by atoms with E-state index >= 15 is 0 Å². The van der Waals surface area contributed by atoms with E-state index in [1.54, 1.807) is 11.6 Å². The average Bonchev–Trinajstić information content (AvgIpc) is 3.09. The van der Waals surface area contributed by atoms with Gasteiger partial charge in [0.1, 0.15) is 12.4 Å². The van der Waals surface area contributed by atoms with Crippen LogP contribution in [0.25, 0.3) is 11.2 Å². The highest BCUT2D eigenvalue weighted by atomic mass is 16.5. The highest BCUT2D eigenvalue weighted by Gasteiger charge is 2.28. The zero-order valence-corrected chi connectivity index (χ0v) is 18.6. The molecule has 8 heteroatoms. The van der Waals surface area contributed by atoms with E-state index < -0.39 is 11.2 Å². The molecular weight excluding hydrogens is 396 g/mol. The molecule has 31 heavy (non-hydrogen) atoms. The van der Waals surface area contributed by atoms with Gasteiger partial charge in [-0.2, -0.15) is 0 Å². The van der Waals surface area contributed by atoms with Crippen LogP contribution in [0.4, 0.5) is 0 Å². The second-order valence-electron chi connectivity index (χ2n) is 7.91. The van der Waals surface area contributed by atoms with Crippen molar-refractivity contribution in [2.24, 2.45) is 13.0 Å². The third-order valence-electron chi connectivity index (χ3n) is 5.81. The number of aryl methyl sites for hydroxylation is 2. The molecule has 2 heterocycles. The number of aromatic amines is 1. The Labute approximate surface area is 180 Å². The van der Waals surface area contributed by atoms with Gasteiger partial charge in [-0.05, 0) is 17.9 Å². The van der Waals surface area contributed by atoms with Crippen molar-refractivity contribution >= 4 is 17.1 Å². The maximum atomic E-state index is 13.0. The lowest BCUT2D eigenvalue weighted by Gasteiger charge is -2.21. The molecule has 0 aliphatic rings. The predicted octanol–water partition coefficient (Wildman–Crippen LogP) is 3.10. The molecule has 1 N–H and O–H groups in total. The van der Waals surface area contributed by atoms with Crippen LogP contribution in [0.2, 0.25) is 0 Å². The first-order valence-corrected chi connectivity index (χ1v) is 10.8. The number of carbonyl (C=O) groups excluding carboxylic acids is 1. The Morgan fingerprint density at radius 2 is 1.90 bits per heavy atom. The molecule has 0 saturated carbocycles. The third kappa shape index (κ3) is 4.62. The monoisotopic (exact) mass is 426 g/mol. The number of carbonyl (C=O) groups is 1. The summed E-state index contributed by atoms with van der Waals surface area (Å²) in [6.45, 7) is 6.48. The van der Waals surface area contributed by atoms with Gasteiger partial charge in [0.2, 0.25) is 0 Å². The summed E-state index contributed by atoms with van der Waals surface area (Å²) in [5, 5.41) is 0. The number of nitrogens with zero attached hydrogens (tertiary/aromatic N) is 3. The summed E-state index contributed by atoms with van der Waals surface area (Å²) in [5.74, 6) is -0.185. The van der Waals surface area contributed by atoms with Gasteiger partial charge in [0.05, 0.1) is 5.92 Å². The molecule has 0 amide bonds. The summed E-state index contributed by atoms with van der Waals surface area (Å²) in [4.78, 5) is 44.5. The number of H-pyrrole nitrogens is 1. The van der Waals surface area contributed by atoms with Crippen molar-refractivity contribution in [2.45, 2.75) is 59.1 Å². The van der Waals surface area contributed by atoms with Crippen LogP contribution in [0, 0.1) is 5.92 Å². The number of hydrogen-bond donors (Lipinski definition) is 1. The standard InChI is InChI=1S/C23H30N4O4/c1-5-7-13-27-20-19(21(28)25-23(27)30)26(4)17(24-20)14-31-22(29)18(15(3)6-2)16-11-9-8-10-12-16/h8-12,15,18H,5-7,13-14H2,1-4H3,(H,25,28,30)/t15-,18-/m0/s1. The van der Waals surface area contributed by atoms with Gasteiger partial charge >= 0.3 is 11.7 Å². The molecule has 0 fully saturated rings. The van der Waals surface area contributed by atoms with Crippen molar-refractivity contribution in [3.63, 3.8) is 0 Å². The Bertz CT molecular complexity index is 1160. The summed E-state index contributed by atoms with van der Waals surface area (Å²) < 4.78 is 8.70. The van der Waals surface area contributed by atoms with Gasteiger partial charge in [0.25, 0.3) is 5.56 Å². The van der Waals surface area contributed by atoms with E-state index in [9.17, 15) is 14.4 Å². The fraction of sp³-hybridized carbons (Fsp3) is 0.478. The normalized spacial score (nSPS) is 13.3. The fourth-order valence-electron chi connectivity index (χ4n) is 3.76. The van der Waals surface area contributed by atoms with Crippen molar-refractivity contribution in [2.75, 3.05) is 0 Å². The highest BCUT2D eigenvalue weighted by molar-refractivity contribution is 5.78. The zero-order chi connectivity index (χ0) is 22.5. The number of fused-ring (bicyclic) bond motifs is 1. The molecule has 2 aromatic heterocycles. The average molecular weight is 427 g/mol. The number of imidazole rings is 1. The largest absolute Gasteiger partial charge is 0.457 e. The van der Waals surface area contributed by atoms with E-state index in [0.29, 0.717) is 23.5 Å². The van der Waals surface area contributed by atoms with Crippen LogP contribution in [0.15, 0.2) is 39.9 Å². The highest BCUT2D eigenvalue weighted by Crippen LogP contribution is 2.28. The second-order valence-corrected chi connectivity index (χ2v) is 7.91. The lowest BCUT2D eigenvalue weighted by molar-refractivity contribution is -0.148. The first-order chi connectivity index (χ1) is 14.9. The van der Waals surface area contributed by atoms with Crippen molar-refractivity contribution < 1.29 is 9.53 Å². The molecule has 0 unspecified atom stereocenters. The molecular formula is C23H30N4O4. The Hall–Kier alpha value is -3.16. The second kappa shape index (κ2) is 9.76.